The van der Waals surface area contributed by atoms with Gasteiger partial charge in [0.2, 0.25) is 0 Å². The number of H-pyrrole nitrogens is 1. The molecule has 0 radical (unpaired) electrons. The summed E-state index contributed by atoms with van der Waals surface area (Å²) in [5.74, 6) is 0.396. The highest BCUT2D eigenvalue weighted by atomic mass is 16.6. The number of urea groups is 1. The molecule has 3 N–H and O–H groups in total. The molecule has 3 aromatic rings. The Balaban J connectivity index is 1.76. The van der Waals surface area contributed by atoms with Crippen molar-refractivity contribution in [1.29, 1.82) is 0 Å². The first-order valence-corrected chi connectivity index (χ1v) is 8.46. The average Bonchev–Trinajstić information content (AvgIpc) is 3.08. The van der Waals surface area contributed by atoms with E-state index >= 15 is 0 Å². The van der Waals surface area contributed by atoms with E-state index < -0.39 is 18.1 Å². The van der Waals surface area contributed by atoms with E-state index in [0.717, 1.165) is 5.52 Å². The zero-order valence-electron chi connectivity index (χ0n) is 15.0. The molecule has 0 aliphatic carbocycles. The van der Waals surface area contributed by atoms with Crippen LogP contribution in [-0.4, -0.2) is 35.4 Å². The van der Waals surface area contributed by atoms with Crippen molar-refractivity contribution in [2.75, 3.05) is 17.7 Å². The van der Waals surface area contributed by atoms with E-state index in [4.69, 9.17) is 9.47 Å². The lowest BCUT2D eigenvalue weighted by molar-refractivity contribution is -0.148. The number of nitrogens with one attached hydrogen (secondary N) is 3. The van der Waals surface area contributed by atoms with Gasteiger partial charge in [0.05, 0.1) is 12.6 Å². The zero-order chi connectivity index (χ0) is 19.2. The average molecular weight is 368 g/mol. The molecule has 0 saturated heterocycles. The van der Waals surface area contributed by atoms with Gasteiger partial charge in [0, 0.05) is 11.1 Å². The minimum atomic E-state index is -0.697. The molecule has 0 spiro atoms. The summed E-state index contributed by atoms with van der Waals surface area (Å²) < 4.78 is 10.4. The fraction of sp³-hybridized carbons (Fsp3) is 0.211. The molecule has 1 unspecified atom stereocenters. The molecule has 1 aromatic heterocycles. The number of nitrogens with zero attached hydrogens (tertiary/aromatic N) is 1. The summed E-state index contributed by atoms with van der Waals surface area (Å²) in [6.45, 7) is 1.83. The number of hydrogen-bond acceptors (Lipinski definition) is 5. The second kappa shape index (κ2) is 8.22. The monoisotopic (exact) mass is 368 g/mol. The molecule has 27 heavy (non-hydrogen) atoms. The summed E-state index contributed by atoms with van der Waals surface area (Å²) in [5.41, 5.74) is 1.39. The number of anilines is 2. The van der Waals surface area contributed by atoms with Crippen molar-refractivity contribution in [3.8, 4) is 5.75 Å². The van der Waals surface area contributed by atoms with Gasteiger partial charge in [-0.25, -0.2) is 9.59 Å². The van der Waals surface area contributed by atoms with Gasteiger partial charge in [0.15, 0.2) is 11.9 Å². The molecule has 1 atom stereocenters. The summed E-state index contributed by atoms with van der Waals surface area (Å²) in [7, 11) is 1.32. The van der Waals surface area contributed by atoms with E-state index in [-0.39, 0.29) is 0 Å². The van der Waals surface area contributed by atoms with Crippen LogP contribution in [0.4, 0.5) is 16.3 Å². The maximum atomic E-state index is 12.2. The van der Waals surface area contributed by atoms with Crippen LogP contribution in [0.2, 0.25) is 0 Å². The molecular formula is C19H20N4O4. The molecule has 8 heteroatoms. The molecule has 3 rings (SSSR count). The highest BCUT2D eigenvalue weighted by Gasteiger charge is 2.19. The summed E-state index contributed by atoms with van der Waals surface area (Å²) in [6.07, 6.45) is -0.224. The largest absolute Gasteiger partial charge is 0.479 e. The number of amides is 2. The van der Waals surface area contributed by atoms with Crippen LogP contribution in [0.3, 0.4) is 0 Å². The smallest absolute Gasteiger partial charge is 0.347 e. The Hall–Kier alpha value is -3.55. The Morgan fingerprint density at radius 1 is 1.15 bits per heavy atom. The van der Waals surface area contributed by atoms with Crippen LogP contribution in [0.5, 0.6) is 5.75 Å². The first-order valence-electron chi connectivity index (χ1n) is 8.46. The topological polar surface area (TPSA) is 105 Å². The van der Waals surface area contributed by atoms with Gasteiger partial charge in [0.25, 0.3) is 0 Å². The summed E-state index contributed by atoms with van der Waals surface area (Å²) in [5, 5.41) is 13.1. The van der Waals surface area contributed by atoms with Crippen molar-refractivity contribution in [2.24, 2.45) is 0 Å². The highest BCUT2D eigenvalue weighted by molar-refractivity contribution is 6.04. The Morgan fingerprint density at radius 2 is 1.93 bits per heavy atom. The Morgan fingerprint density at radius 3 is 2.63 bits per heavy atom. The van der Waals surface area contributed by atoms with Crippen molar-refractivity contribution in [2.45, 2.75) is 19.4 Å². The van der Waals surface area contributed by atoms with Gasteiger partial charge in [-0.2, -0.15) is 5.10 Å². The van der Waals surface area contributed by atoms with E-state index in [1.807, 2.05) is 25.1 Å². The molecule has 2 amide bonds. The van der Waals surface area contributed by atoms with Crippen molar-refractivity contribution in [1.82, 2.24) is 10.2 Å². The van der Waals surface area contributed by atoms with Gasteiger partial charge in [0.1, 0.15) is 5.75 Å². The predicted octanol–water partition coefficient (Wildman–Crippen LogP) is 3.54. The number of methoxy groups -OCH3 is 1. The quantitative estimate of drug-likeness (QED) is 0.577. The predicted molar refractivity (Wildman–Crippen MR) is 102 cm³/mol. The van der Waals surface area contributed by atoms with Crippen LogP contribution >= 0.6 is 0 Å². The molecule has 0 fully saturated rings. The lowest BCUT2D eigenvalue weighted by Crippen LogP contribution is -2.27. The number of benzene rings is 2. The third-order valence-corrected chi connectivity index (χ3v) is 3.91. The molecule has 1 heterocycles. The third kappa shape index (κ3) is 4.35. The number of aromatic nitrogens is 2. The standard InChI is InChI=1S/C19H20N4O4/c1-3-16(18(24)26-2)27-13-9-10-15-14(11-13)17(23-22-15)21-19(25)20-12-7-5-4-6-8-12/h4-11,16H,3H2,1-2H3,(H3,20,21,22,23,25). The lowest BCUT2D eigenvalue weighted by Gasteiger charge is -2.15. The Labute approximate surface area is 155 Å². The molecule has 0 aliphatic heterocycles. The minimum Gasteiger partial charge on any atom is -0.479 e. The van der Waals surface area contributed by atoms with Gasteiger partial charge in [-0.1, -0.05) is 25.1 Å². The summed E-state index contributed by atoms with van der Waals surface area (Å²) in [6, 6.07) is 13.9. The number of aromatic amines is 1. The summed E-state index contributed by atoms with van der Waals surface area (Å²) in [4.78, 5) is 23.9. The van der Waals surface area contributed by atoms with Gasteiger partial charge in [-0.15, -0.1) is 0 Å². The first kappa shape index (κ1) is 18.2. The molecule has 8 nitrogen and oxygen atoms in total. The minimum absolute atomic E-state index is 0.356. The van der Waals surface area contributed by atoms with Crippen molar-refractivity contribution >= 4 is 34.4 Å². The molecule has 0 aliphatic rings. The maximum Gasteiger partial charge on any atom is 0.347 e. The molecular weight excluding hydrogens is 348 g/mol. The van der Waals surface area contributed by atoms with Crippen LogP contribution < -0.4 is 15.4 Å². The summed E-state index contributed by atoms with van der Waals surface area (Å²) >= 11 is 0. The van der Waals surface area contributed by atoms with Crippen LogP contribution in [-0.2, 0) is 9.53 Å². The van der Waals surface area contributed by atoms with Crippen molar-refractivity contribution in [3.05, 3.63) is 48.5 Å². The van der Waals surface area contributed by atoms with Crippen LogP contribution in [0, 0.1) is 0 Å². The number of ether oxygens (including phenoxy) is 2. The fourth-order valence-corrected chi connectivity index (χ4v) is 2.55. The van der Waals surface area contributed by atoms with Crippen molar-refractivity contribution < 1.29 is 19.1 Å². The van der Waals surface area contributed by atoms with Gasteiger partial charge in [-0.05, 0) is 36.8 Å². The third-order valence-electron chi connectivity index (χ3n) is 3.91. The highest BCUT2D eigenvalue weighted by Crippen LogP contribution is 2.26. The normalized spacial score (nSPS) is 11.6. The van der Waals surface area contributed by atoms with E-state index in [0.29, 0.717) is 29.1 Å². The molecule has 0 bridgehead atoms. The van der Waals surface area contributed by atoms with Gasteiger partial charge >= 0.3 is 12.0 Å². The molecule has 2 aromatic carbocycles. The second-order valence-electron chi connectivity index (χ2n) is 5.76. The SMILES string of the molecule is CCC(Oc1ccc2[nH]nc(NC(=O)Nc3ccccc3)c2c1)C(=O)OC. The van der Waals surface area contributed by atoms with Crippen LogP contribution in [0.25, 0.3) is 10.9 Å². The van der Waals surface area contributed by atoms with Gasteiger partial charge < -0.3 is 14.8 Å². The van der Waals surface area contributed by atoms with Crippen LogP contribution in [0.15, 0.2) is 48.5 Å². The van der Waals surface area contributed by atoms with Crippen molar-refractivity contribution in [3.63, 3.8) is 0 Å². The number of rotatable bonds is 6. The van der Waals surface area contributed by atoms with E-state index in [9.17, 15) is 9.59 Å². The Bertz CT molecular complexity index is 939. The maximum absolute atomic E-state index is 12.2. The van der Waals surface area contributed by atoms with E-state index in [1.165, 1.54) is 7.11 Å². The number of para-hydroxylation sites is 1. The fourth-order valence-electron chi connectivity index (χ4n) is 2.55. The first-order chi connectivity index (χ1) is 13.1. The number of carbonyl (C=O) groups is 2. The molecule has 140 valence electrons. The number of hydrogen-bond donors (Lipinski definition) is 3. The number of esters is 1. The second-order valence-corrected chi connectivity index (χ2v) is 5.76. The zero-order valence-corrected chi connectivity index (χ0v) is 15.0. The number of carbonyl (C=O) groups excluding carboxylic acids is 2. The molecule has 0 saturated carbocycles. The van der Waals surface area contributed by atoms with E-state index in [2.05, 4.69) is 20.8 Å². The van der Waals surface area contributed by atoms with E-state index in [1.54, 1.807) is 30.3 Å². The Kier molecular flexibility index (Phi) is 5.55. The van der Waals surface area contributed by atoms with Crippen LogP contribution in [0.1, 0.15) is 13.3 Å². The number of fused-ring (bicyclic) bond motifs is 1. The lowest BCUT2D eigenvalue weighted by atomic mass is 10.2. The van der Waals surface area contributed by atoms with Gasteiger partial charge in [-0.3, -0.25) is 10.4 Å².